The van der Waals surface area contributed by atoms with Crippen molar-refractivity contribution in [1.82, 2.24) is 4.31 Å². The Morgan fingerprint density at radius 2 is 2.00 bits per heavy atom. The van der Waals surface area contributed by atoms with E-state index in [1.165, 1.54) is 5.56 Å². The second-order valence-corrected chi connectivity index (χ2v) is 8.14. The van der Waals surface area contributed by atoms with E-state index in [0.717, 1.165) is 25.9 Å². The van der Waals surface area contributed by atoms with E-state index in [2.05, 4.69) is 61.5 Å². The Hall–Kier alpha value is -0.930. The van der Waals surface area contributed by atoms with Crippen molar-refractivity contribution in [3.8, 4) is 0 Å². The third-order valence-corrected chi connectivity index (χ3v) is 4.12. The number of benzene rings is 1. The molecule has 110 valence electrons. The van der Waals surface area contributed by atoms with E-state index in [9.17, 15) is 0 Å². The molecule has 0 amide bonds. The van der Waals surface area contributed by atoms with Gasteiger partial charge in [-0.25, -0.2) is 4.31 Å². The van der Waals surface area contributed by atoms with Crippen molar-refractivity contribution in [2.75, 3.05) is 6.54 Å². The van der Waals surface area contributed by atoms with Crippen LogP contribution in [0.3, 0.4) is 0 Å². The standard InChI is InChI=1S/C17H25NOS/c1-17(2,3)20-18(13-15-9-5-4-6-10-15)14-16-11-7-8-12-19-16/h4-6,8-10,12,16H,7,11,13-14H2,1-3H3. The van der Waals surface area contributed by atoms with Gasteiger partial charge in [0.1, 0.15) is 6.10 Å². The Kier molecular flexibility index (Phi) is 5.55. The zero-order chi connectivity index (χ0) is 14.4. The molecular formula is C17H25NOS. The summed E-state index contributed by atoms with van der Waals surface area (Å²) >= 11 is 1.92. The molecule has 2 nitrogen and oxygen atoms in total. The Labute approximate surface area is 127 Å². The topological polar surface area (TPSA) is 12.5 Å². The van der Waals surface area contributed by atoms with Crippen LogP contribution in [0.1, 0.15) is 39.2 Å². The number of allylic oxidation sites excluding steroid dienone is 1. The fourth-order valence-electron chi connectivity index (χ4n) is 2.25. The van der Waals surface area contributed by atoms with Gasteiger partial charge in [0.2, 0.25) is 0 Å². The molecule has 1 atom stereocenters. The Balaban J connectivity index is 1.98. The van der Waals surface area contributed by atoms with Gasteiger partial charge in [0.15, 0.2) is 0 Å². The van der Waals surface area contributed by atoms with E-state index in [-0.39, 0.29) is 4.75 Å². The minimum Gasteiger partial charge on any atom is -0.497 e. The summed E-state index contributed by atoms with van der Waals surface area (Å²) in [5.41, 5.74) is 1.36. The van der Waals surface area contributed by atoms with Crippen molar-refractivity contribution in [3.05, 3.63) is 48.2 Å². The van der Waals surface area contributed by atoms with Crippen LogP contribution in [0.15, 0.2) is 42.7 Å². The molecule has 1 unspecified atom stereocenters. The molecule has 1 aliphatic heterocycles. The van der Waals surface area contributed by atoms with Crippen molar-refractivity contribution in [2.45, 2.75) is 51.0 Å². The SMILES string of the molecule is CC(C)(C)SN(Cc1ccccc1)CC1CCC=CO1. The highest BCUT2D eigenvalue weighted by molar-refractivity contribution is 7.98. The second kappa shape index (κ2) is 7.19. The van der Waals surface area contributed by atoms with Crippen LogP contribution in [-0.4, -0.2) is 21.7 Å². The number of nitrogens with zero attached hydrogens (tertiary/aromatic N) is 1. The Morgan fingerprint density at radius 1 is 1.25 bits per heavy atom. The molecule has 0 N–H and O–H groups in total. The summed E-state index contributed by atoms with van der Waals surface area (Å²) in [6, 6.07) is 10.7. The summed E-state index contributed by atoms with van der Waals surface area (Å²) in [6.45, 7) is 8.72. The van der Waals surface area contributed by atoms with Crippen LogP contribution < -0.4 is 0 Å². The minimum atomic E-state index is 0.222. The van der Waals surface area contributed by atoms with Crippen LogP contribution in [0.5, 0.6) is 0 Å². The van der Waals surface area contributed by atoms with Crippen LogP contribution >= 0.6 is 11.9 Å². The molecule has 3 heteroatoms. The molecule has 0 aromatic heterocycles. The predicted molar refractivity (Wildman–Crippen MR) is 87.4 cm³/mol. The molecule has 20 heavy (non-hydrogen) atoms. The van der Waals surface area contributed by atoms with Crippen LogP contribution in [0.4, 0.5) is 0 Å². The maximum Gasteiger partial charge on any atom is 0.112 e. The molecule has 0 bridgehead atoms. The molecule has 1 heterocycles. The zero-order valence-electron chi connectivity index (χ0n) is 12.7. The van der Waals surface area contributed by atoms with Gasteiger partial charge in [0.05, 0.1) is 6.26 Å². The second-order valence-electron chi connectivity index (χ2n) is 6.22. The highest BCUT2D eigenvalue weighted by Gasteiger charge is 2.22. The molecule has 0 saturated heterocycles. The first-order valence-corrected chi connectivity index (χ1v) is 8.09. The van der Waals surface area contributed by atoms with Gasteiger partial charge < -0.3 is 4.74 Å². The lowest BCUT2D eigenvalue weighted by molar-refractivity contribution is 0.104. The number of rotatable bonds is 5. The van der Waals surface area contributed by atoms with Gasteiger partial charge in [0.25, 0.3) is 0 Å². The predicted octanol–water partition coefficient (Wildman–Crippen LogP) is 4.63. The summed E-state index contributed by atoms with van der Waals surface area (Å²) in [4.78, 5) is 0. The third kappa shape index (κ3) is 5.59. The van der Waals surface area contributed by atoms with E-state index in [4.69, 9.17) is 4.74 Å². The molecule has 2 rings (SSSR count). The first-order chi connectivity index (χ1) is 9.53. The van der Waals surface area contributed by atoms with Crippen molar-refractivity contribution < 1.29 is 4.74 Å². The normalized spacial score (nSPS) is 19.1. The third-order valence-electron chi connectivity index (χ3n) is 3.03. The molecule has 0 spiro atoms. The van der Waals surface area contributed by atoms with Gasteiger partial charge in [-0.05, 0) is 45.3 Å². The van der Waals surface area contributed by atoms with Gasteiger partial charge in [0, 0.05) is 17.8 Å². The van der Waals surface area contributed by atoms with E-state index in [1.54, 1.807) is 0 Å². The average Bonchev–Trinajstić information content (AvgIpc) is 2.39. The van der Waals surface area contributed by atoms with Crippen molar-refractivity contribution in [3.63, 3.8) is 0 Å². The minimum absolute atomic E-state index is 0.222. The van der Waals surface area contributed by atoms with Crippen molar-refractivity contribution >= 4 is 11.9 Å². The van der Waals surface area contributed by atoms with Crippen LogP contribution in [0, 0.1) is 0 Å². The summed E-state index contributed by atoms with van der Waals surface area (Å²) in [5, 5.41) is 0. The van der Waals surface area contributed by atoms with Crippen LogP contribution in [0.2, 0.25) is 0 Å². The lowest BCUT2D eigenvalue weighted by Gasteiger charge is -2.32. The zero-order valence-corrected chi connectivity index (χ0v) is 13.5. The highest BCUT2D eigenvalue weighted by atomic mass is 32.2. The van der Waals surface area contributed by atoms with Crippen LogP contribution in [-0.2, 0) is 11.3 Å². The maximum absolute atomic E-state index is 5.73. The van der Waals surface area contributed by atoms with Gasteiger partial charge >= 0.3 is 0 Å². The number of hydrogen-bond acceptors (Lipinski definition) is 3. The fourth-order valence-corrected chi connectivity index (χ4v) is 3.48. The number of ether oxygens (including phenoxy) is 1. The summed E-state index contributed by atoms with van der Waals surface area (Å²) < 4.78 is 8.39. The lowest BCUT2D eigenvalue weighted by Crippen LogP contribution is -2.32. The smallest absolute Gasteiger partial charge is 0.112 e. The van der Waals surface area contributed by atoms with E-state index in [1.807, 2.05) is 18.2 Å². The van der Waals surface area contributed by atoms with E-state index >= 15 is 0 Å². The van der Waals surface area contributed by atoms with Crippen molar-refractivity contribution in [2.24, 2.45) is 0 Å². The first kappa shape index (κ1) is 15.5. The Bertz CT molecular complexity index is 424. The van der Waals surface area contributed by atoms with E-state index < -0.39 is 0 Å². The molecule has 1 aromatic rings. The fraction of sp³-hybridized carbons (Fsp3) is 0.529. The largest absolute Gasteiger partial charge is 0.497 e. The quantitative estimate of drug-likeness (QED) is 0.734. The Morgan fingerprint density at radius 3 is 2.60 bits per heavy atom. The van der Waals surface area contributed by atoms with Gasteiger partial charge in [-0.3, -0.25) is 0 Å². The molecule has 1 aliphatic rings. The highest BCUT2D eigenvalue weighted by Crippen LogP contribution is 2.30. The summed E-state index contributed by atoms with van der Waals surface area (Å²) in [5.74, 6) is 0. The molecule has 0 saturated carbocycles. The average molecular weight is 291 g/mol. The summed E-state index contributed by atoms with van der Waals surface area (Å²) in [6.07, 6.45) is 6.53. The first-order valence-electron chi connectivity index (χ1n) is 7.31. The lowest BCUT2D eigenvalue weighted by atomic mass is 10.1. The van der Waals surface area contributed by atoms with E-state index in [0.29, 0.717) is 6.10 Å². The van der Waals surface area contributed by atoms with Gasteiger partial charge in [-0.1, -0.05) is 42.3 Å². The number of hydrogen-bond donors (Lipinski definition) is 0. The summed E-state index contributed by atoms with van der Waals surface area (Å²) in [7, 11) is 0. The van der Waals surface area contributed by atoms with Crippen molar-refractivity contribution in [1.29, 1.82) is 0 Å². The van der Waals surface area contributed by atoms with Crippen LogP contribution in [0.25, 0.3) is 0 Å². The monoisotopic (exact) mass is 291 g/mol. The molecule has 1 aromatic carbocycles. The van der Waals surface area contributed by atoms with Gasteiger partial charge in [-0.2, -0.15) is 0 Å². The van der Waals surface area contributed by atoms with Gasteiger partial charge in [-0.15, -0.1) is 0 Å². The maximum atomic E-state index is 5.73. The molecule has 0 aliphatic carbocycles. The molecular weight excluding hydrogens is 266 g/mol. The molecule has 0 fully saturated rings. The molecule has 0 radical (unpaired) electrons.